The van der Waals surface area contributed by atoms with Gasteiger partial charge in [-0.1, -0.05) is 0 Å². The molecule has 0 amide bonds. The predicted octanol–water partition coefficient (Wildman–Crippen LogP) is 1.74. The van der Waals surface area contributed by atoms with Crippen LogP contribution in [0.4, 0.5) is 34.6 Å². The van der Waals surface area contributed by atoms with E-state index in [1.807, 2.05) is 0 Å². The number of rotatable bonds is 11. The Labute approximate surface area is 263 Å². The van der Waals surface area contributed by atoms with Crippen LogP contribution in [0, 0.1) is 0 Å². The molecule has 3 aliphatic rings. The summed E-state index contributed by atoms with van der Waals surface area (Å²) >= 11 is 6.27. The molecule has 3 aliphatic heterocycles. The number of hydrogen-bond donors (Lipinski definition) is 4. The Morgan fingerprint density at radius 3 is 2.20 bits per heavy atom. The first-order valence-corrected chi connectivity index (χ1v) is 17.9. The summed E-state index contributed by atoms with van der Waals surface area (Å²) in [7, 11) is -13.5. The second-order valence-corrected chi connectivity index (χ2v) is 15.1. The highest BCUT2D eigenvalue weighted by Crippen LogP contribution is 2.36. The van der Waals surface area contributed by atoms with Crippen molar-refractivity contribution in [2.45, 2.75) is 9.79 Å². The van der Waals surface area contributed by atoms with Gasteiger partial charge in [0.15, 0.2) is 9.84 Å². The van der Waals surface area contributed by atoms with Crippen molar-refractivity contribution >= 4 is 76.6 Å². The second kappa shape index (κ2) is 12.4. The number of benzene rings is 2. The molecule has 6 rings (SSSR count). The van der Waals surface area contributed by atoms with Crippen molar-refractivity contribution in [1.29, 1.82) is 0 Å². The molecule has 22 heteroatoms. The summed E-state index contributed by atoms with van der Waals surface area (Å²) in [4.78, 5) is 14.6. The minimum absolute atomic E-state index is 0.0356. The Bertz CT molecular complexity index is 1960. The highest BCUT2D eigenvalue weighted by Gasteiger charge is 2.43. The number of nitrogens with zero attached hydrogens (tertiary/aromatic N) is 7. The van der Waals surface area contributed by atoms with Crippen LogP contribution in [0.3, 0.4) is 0 Å². The first kappa shape index (κ1) is 33.0. The first-order chi connectivity index (χ1) is 21.0. The molecule has 3 saturated heterocycles. The number of sulfone groups is 1. The van der Waals surface area contributed by atoms with E-state index in [4.69, 9.17) is 21.9 Å². The van der Waals surface area contributed by atoms with Gasteiger partial charge < -0.3 is 11.1 Å². The number of quaternary nitrogens is 1. The molecule has 242 valence electrons. The molecule has 2 aromatic carbocycles. The third-order valence-corrected chi connectivity index (χ3v) is 10.5. The van der Waals surface area contributed by atoms with Crippen LogP contribution in [0.15, 0.2) is 56.4 Å². The van der Waals surface area contributed by atoms with Crippen LogP contribution >= 0.6 is 11.6 Å². The van der Waals surface area contributed by atoms with Gasteiger partial charge in [-0.15, -0.1) is 15.1 Å². The highest BCUT2D eigenvalue weighted by atomic mass is 35.5. The number of halogens is 1. The van der Waals surface area contributed by atoms with Gasteiger partial charge in [0, 0.05) is 19.6 Å². The maximum atomic E-state index is 12.4. The minimum Gasteiger partial charge on any atom is -0.398 e. The summed E-state index contributed by atoms with van der Waals surface area (Å²) in [6.07, 6.45) is 0. The van der Waals surface area contributed by atoms with E-state index in [0.29, 0.717) is 10.4 Å². The van der Waals surface area contributed by atoms with Crippen LogP contribution in [0.1, 0.15) is 0 Å². The normalized spacial score (nSPS) is 20.5. The van der Waals surface area contributed by atoms with Crippen molar-refractivity contribution < 1.29 is 38.5 Å². The Kier molecular flexibility index (Phi) is 9.09. The third-order valence-electron chi connectivity index (χ3n) is 7.26. The van der Waals surface area contributed by atoms with E-state index in [-0.39, 0.29) is 38.9 Å². The molecule has 18 nitrogen and oxygen atoms in total. The van der Waals surface area contributed by atoms with Crippen LogP contribution in [0.2, 0.25) is 5.28 Å². The lowest BCUT2D eigenvalue weighted by molar-refractivity contribution is 0.0629. The zero-order valence-electron chi connectivity index (χ0n) is 23.2. The summed E-state index contributed by atoms with van der Waals surface area (Å²) in [5.74, 6) is -0.219. The van der Waals surface area contributed by atoms with E-state index in [2.05, 4.69) is 39.6 Å². The zero-order valence-corrected chi connectivity index (χ0v) is 26.4. The monoisotopic (exact) mass is 704 g/mol. The number of nitrogens with one attached hydrogen (secondary N) is 1. The molecule has 0 unspecified atom stereocenters. The van der Waals surface area contributed by atoms with E-state index in [1.54, 1.807) is 0 Å². The molecule has 0 aliphatic carbocycles. The van der Waals surface area contributed by atoms with Crippen molar-refractivity contribution in [3.63, 3.8) is 0 Å². The van der Waals surface area contributed by atoms with Crippen molar-refractivity contribution in [2.24, 2.45) is 10.2 Å². The molecule has 0 saturated carbocycles. The molecule has 0 radical (unpaired) electrons. The van der Waals surface area contributed by atoms with Gasteiger partial charge in [-0.05, 0) is 48.0 Å². The Morgan fingerprint density at radius 1 is 0.956 bits per heavy atom. The number of nitrogens with two attached hydrogens (primary N) is 1. The van der Waals surface area contributed by atoms with E-state index < -0.39 is 47.6 Å². The van der Waals surface area contributed by atoms with Crippen molar-refractivity contribution in [1.82, 2.24) is 24.3 Å². The molecule has 0 atom stereocenters. The Balaban J connectivity index is 1.43. The first-order valence-electron chi connectivity index (χ1n) is 13.1. The van der Waals surface area contributed by atoms with Crippen LogP contribution in [-0.4, -0.2) is 106 Å². The zero-order chi connectivity index (χ0) is 32.6. The van der Waals surface area contributed by atoms with Crippen LogP contribution in [0.5, 0.6) is 0 Å². The van der Waals surface area contributed by atoms with Crippen LogP contribution in [-0.2, 0) is 34.5 Å². The molecule has 0 spiro atoms. The largest absolute Gasteiger partial charge is 0.398 e. The van der Waals surface area contributed by atoms with Gasteiger partial charge in [0.25, 0.3) is 10.1 Å². The van der Waals surface area contributed by atoms with Crippen molar-refractivity contribution in [3.05, 3.63) is 41.7 Å². The van der Waals surface area contributed by atoms with Gasteiger partial charge in [-0.3, -0.25) is 18.5 Å². The topological polar surface area (TPSA) is 257 Å². The Morgan fingerprint density at radius 2 is 1.60 bits per heavy atom. The third kappa shape index (κ3) is 7.88. The molecular weight excluding hydrogens is 678 g/mol. The molecule has 3 fully saturated rings. The summed E-state index contributed by atoms with van der Waals surface area (Å²) < 4.78 is 93.0. The highest BCUT2D eigenvalue weighted by molar-refractivity contribution is 7.91. The van der Waals surface area contributed by atoms with Gasteiger partial charge in [-0.2, -0.15) is 26.9 Å². The quantitative estimate of drug-likeness (QED) is 0.0959. The number of nitrogen functional groups attached to an aromatic ring is 1. The molecular formula is C23H27ClN9O9S3+. The van der Waals surface area contributed by atoms with Crippen molar-refractivity contribution in [2.75, 3.05) is 62.7 Å². The molecule has 4 heterocycles. The van der Waals surface area contributed by atoms with E-state index in [0.717, 1.165) is 45.3 Å². The van der Waals surface area contributed by atoms with E-state index >= 15 is 0 Å². The van der Waals surface area contributed by atoms with Crippen molar-refractivity contribution in [3.8, 4) is 0 Å². The number of aromatic nitrogens is 3. The molecule has 3 aromatic rings. The molecule has 5 N–H and O–H groups in total. The minimum atomic E-state index is -4.80. The summed E-state index contributed by atoms with van der Waals surface area (Å²) in [5.41, 5.74) is 5.77. The fraction of sp³-hybridized carbons (Fsp3) is 0.348. The second-order valence-electron chi connectivity index (χ2n) is 10.2. The lowest BCUT2D eigenvalue weighted by Crippen LogP contribution is -2.69. The summed E-state index contributed by atoms with van der Waals surface area (Å²) in [6, 6.07) is 7.14. The van der Waals surface area contributed by atoms with Crippen LogP contribution in [0.25, 0.3) is 0 Å². The van der Waals surface area contributed by atoms with Crippen LogP contribution < -0.4 is 15.5 Å². The molecule has 1 aromatic heterocycles. The predicted molar refractivity (Wildman–Crippen MR) is 162 cm³/mol. The molecule has 2 bridgehead atoms. The number of piperazine rings is 3. The standard InChI is InChI=1S/C23H26ClN9O9S3/c24-21-27-22(29-23(28-21)33-8-5-32(6-9-33)7-10-33)26-18-13-17(25)20(44(36,37)38)14-19(18)31-30-15-1-3-16(4-2-15)43(34,35)12-11-42-45(39,40)41/h1-4,13-14H,5-12,25H2,(H2-,26,27,28,29,36,37,38,39,40,41)/p+1. The van der Waals surface area contributed by atoms with Gasteiger partial charge in [0.05, 0.1) is 54.0 Å². The van der Waals surface area contributed by atoms with E-state index in [1.165, 1.54) is 30.3 Å². The molecule has 45 heavy (non-hydrogen) atoms. The smallest absolute Gasteiger partial charge is 0.397 e. The lowest BCUT2D eigenvalue weighted by atomic mass is 10.1. The SMILES string of the molecule is Nc1cc(Nc2nc(Cl)nc([N+]34CCN(CC3)CC4)n2)c(N=Nc2ccc(S(=O)(=O)CCOS(=O)(=O)O)cc2)cc1S(=O)(=O)O. The summed E-state index contributed by atoms with van der Waals surface area (Å²) in [5, 5.41) is 11.0. The maximum Gasteiger partial charge on any atom is 0.397 e. The van der Waals surface area contributed by atoms with Gasteiger partial charge in [0.2, 0.25) is 11.2 Å². The number of hydrogen-bond acceptors (Lipinski definition) is 15. The average molecular weight is 705 g/mol. The van der Waals surface area contributed by atoms with Gasteiger partial charge in [0.1, 0.15) is 10.6 Å². The maximum absolute atomic E-state index is 12.4. The number of azo groups is 1. The Hall–Kier alpha value is -3.41. The lowest BCUT2D eigenvalue weighted by Gasteiger charge is -2.48. The number of fused-ring (bicyclic) bond motifs is 3. The van der Waals surface area contributed by atoms with E-state index in [9.17, 15) is 29.8 Å². The van der Waals surface area contributed by atoms with Gasteiger partial charge >= 0.3 is 16.3 Å². The summed E-state index contributed by atoms with van der Waals surface area (Å²) in [6.45, 7) is 4.27. The van der Waals surface area contributed by atoms with Gasteiger partial charge in [-0.25, -0.2) is 12.6 Å². The fourth-order valence-electron chi connectivity index (χ4n) is 4.89. The fourth-order valence-corrected chi connectivity index (χ4v) is 7.15. The number of anilines is 3. The average Bonchev–Trinajstić information content (AvgIpc) is 2.96.